The Morgan fingerprint density at radius 3 is 2.85 bits per heavy atom. The molecule has 0 bridgehead atoms. The van der Waals surface area contributed by atoms with Crippen LogP contribution in [0.15, 0.2) is 17.5 Å². The molecule has 0 N–H and O–H groups in total. The average Bonchev–Trinajstić information content (AvgIpc) is 2.50. The van der Waals surface area contributed by atoms with Gasteiger partial charge in [0.25, 0.3) is 0 Å². The zero-order valence-corrected chi connectivity index (χ0v) is 9.94. The van der Waals surface area contributed by atoms with Crippen LogP contribution < -0.4 is 0 Å². The molecule has 4 heteroatoms. The first-order valence-electron chi connectivity index (χ1n) is 3.88. The van der Waals surface area contributed by atoms with E-state index in [2.05, 4.69) is 15.9 Å². The highest BCUT2D eigenvalue weighted by atomic mass is 79.9. The maximum absolute atomic E-state index is 11.3. The van der Waals surface area contributed by atoms with Gasteiger partial charge >= 0.3 is 5.97 Å². The van der Waals surface area contributed by atoms with Gasteiger partial charge in [-0.05, 0) is 25.3 Å². The lowest BCUT2D eigenvalue weighted by atomic mass is 10.2. The summed E-state index contributed by atoms with van der Waals surface area (Å²) in [6.07, 6.45) is 0. The van der Waals surface area contributed by atoms with Crippen molar-refractivity contribution < 1.29 is 9.53 Å². The smallest absolute Gasteiger partial charge is 0.348 e. The van der Waals surface area contributed by atoms with Gasteiger partial charge in [0, 0.05) is 0 Å². The number of carbonyl (C=O) groups excluding carboxylic acids is 1. The van der Waals surface area contributed by atoms with E-state index in [1.165, 1.54) is 11.3 Å². The summed E-state index contributed by atoms with van der Waals surface area (Å²) in [6, 6.07) is 3.59. The normalized spacial score (nSPS) is 11.3. The van der Waals surface area contributed by atoms with Crippen molar-refractivity contribution in [2.75, 3.05) is 6.61 Å². The van der Waals surface area contributed by atoms with E-state index in [1.54, 1.807) is 6.07 Å². The van der Waals surface area contributed by atoms with E-state index in [0.717, 1.165) is 0 Å². The van der Waals surface area contributed by atoms with E-state index in [4.69, 9.17) is 4.74 Å². The van der Waals surface area contributed by atoms with Crippen LogP contribution in [0.1, 0.15) is 23.5 Å². The fraction of sp³-hybridized carbons (Fsp3) is 0.444. The van der Waals surface area contributed by atoms with Crippen molar-refractivity contribution in [1.29, 1.82) is 0 Å². The number of hydrogen-bond donors (Lipinski definition) is 0. The van der Waals surface area contributed by atoms with Gasteiger partial charge in [0.05, 0.1) is 4.32 Å². The minimum Gasteiger partial charge on any atom is -0.460 e. The topological polar surface area (TPSA) is 26.3 Å². The SMILES string of the molecule is CC(C)(Br)COC(=O)c1cccs1. The molecular formula is C9H11BrO2S. The van der Waals surface area contributed by atoms with Gasteiger partial charge in [-0.2, -0.15) is 0 Å². The van der Waals surface area contributed by atoms with Crippen LogP contribution in [0.4, 0.5) is 0 Å². The third-order valence-electron chi connectivity index (χ3n) is 1.27. The predicted molar refractivity (Wildman–Crippen MR) is 57.6 cm³/mol. The lowest BCUT2D eigenvalue weighted by Crippen LogP contribution is -2.21. The first kappa shape index (κ1) is 10.7. The molecule has 0 radical (unpaired) electrons. The molecule has 0 aliphatic heterocycles. The van der Waals surface area contributed by atoms with E-state index >= 15 is 0 Å². The molecule has 0 aromatic carbocycles. The molecule has 0 saturated carbocycles. The molecule has 0 amide bonds. The number of esters is 1. The van der Waals surface area contributed by atoms with Crippen LogP contribution in [0, 0.1) is 0 Å². The second-order valence-electron chi connectivity index (χ2n) is 3.27. The third-order valence-corrected chi connectivity index (χ3v) is 2.35. The van der Waals surface area contributed by atoms with Crippen LogP contribution in [0.5, 0.6) is 0 Å². The Morgan fingerprint density at radius 2 is 2.38 bits per heavy atom. The first-order valence-corrected chi connectivity index (χ1v) is 5.56. The Balaban J connectivity index is 2.44. The molecule has 0 saturated heterocycles. The van der Waals surface area contributed by atoms with Crippen molar-refractivity contribution in [3.05, 3.63) is 22.4 Å². The monoisotopic (exact) mass is 262 g/mol. The highest BCUT2D eigenvalue weighted by Gasteiger charge is 2.16. The Bertz CT molecular complexity index is 274. The molecule has 1 heterocycles. The molecular weight excluding hydrogens is 252 g/mol. The van der Waals surface area contributed by atoms with Crippen LogP contribution in [0.2, 0.25) is 0 Å². The summed E-state index contributed by atoms with van der Waals surface area (Å²) < 4.78 is 4.92. The molecule has 0 unspecified atom stereocenters. The van der Waals surface area contributed by atoms with Gasteiger partial charge in [-0.1, -0.05) is 22.0 Å². The van der Waals surface area contributed by atoms with Crippen molar-refractivity contribution in [2.45, 2.75) is 18.2 Å². The summed E-state index contributed by atoms with van der Waals surface area (Å²) >= 11 is 4.79. The molecule has 1 rings (SSSR count). The number of thiophene rings is 1. The molecule has 0 spiro atoms. The third kappa shape index (κ3) is 3.91. The number of halogens is 1. The number of carbonyl (C=O) groups is 1. The number of alkyl halides is 1. The van der Waals surface area contributed by atoms with Crippen LogP contribution in [0.25, 0.3) is 0 Å². The van der Waals surface area contributed by atoms with Gasteiger partial charge in [0.2, 0.25) is 0 Å². The van der Waals surface area contributed by atoms with Crippen LogP contribution >= 0.6 is 27.3 Å². The van der Waals surface area contributed by atoms with Crippen LogP contribution in [-0.4, -0.2) is 16.9 Å². The second kappa shape index (κ2) is 4.24. The van der Waals surface area contributed by atoms with Crippen molar-refractivity contribution >= 4 is 33.2 Å². The lowest BCUT2D eigenvalue weighted by Gasteiger charge is -2.15. The minimum absolute atomic E-state index is 0.153. The predicted octanol–water partition coefficient (Wildman–Crippen LogP) is 3.08. The largest absolute Gasteiger partial charge is 0.460 e. The number of ether oxygens (including phenoxy) is 1. The maximum Gasteiger partial charge on any atom is 0.348 e. The van der Waals surface area contributed by atoms with Gasteiger partial charge in [-0.15, -0.1) is 11.3 Å². The van der Waals surface area contributed by atoms with Crippen LogP contribution in [-0.2, 0) is 4.74 Å². The highest BCUT2D eigenvalue weighted by molar-refractivity contribution is 9.10. The molecule has 1 aromatic heterocycles. The van der Waals surface area contributed by atoms with E-state index in [1.807, 2.05) is 25.3 Å². The van der Waals surface area contributed by atoms with Gasteiger partial charge in [0.1, 0.15) is 11.5 Å². The highest BCUT2D eigenvalue weighted by Crippen LogP contribution is 2.17. The Kier molecular flexibility index (Phi) is 3.50. The Morgan fingerprint density at radius 1 is 1.69 bits per heavy atom. The molecule has 72 valence electrons. The molecule has 13 heavy (non-hydrogen) atoms. The van der Waals surface area contributed by atoms with Gasteiger partial charge in [-0.3, -0.25) is 0 Å². The molecule has 0 aliphatic rings. The summed E-state index contributed by atoms with van der Waals surface area (Å²) in [5.74, 6) is -0.248. The second-order valence-corrected chi connectivity index (χ2v) is 6.37. The van der Waals surface area contributed by atoms with Gasteiger partial charge in [-0.25, -0.2) is 4.79 Å². The van der Waals surface area contributed by atoms with Crippen molar-refractivity contribution in [2.24, 2.45) is 0 Å². The number of rotatable bonds is 3. The fourth-order valence-corrected chi connectivity index (χ4v) is 1.43. The molecule has 1 aromatic rings. The van der Waals surface area contributed by atoms with Crippen LogP contribution in [0.3, 0.4) is 0 Å². The quantitative estimate of drug-likeness (QED) is 0.618. The standard InChI is InChI=1S/C9H11BrO2S/c1-9(2,10)6-12-8(11)7-4-3-5-13-7/h3-5H,6H2,1-2H3. The first-order chi connectivity index (χ1) is 5.99. The summed E-state index contributed by atoms with van der Waals surface area (Å²) in [5.41, 5.74) is 0. The fourth-order valence-electron chi connectivity index (χ4n) is 0.703. The molecule has 2 nitrogen and oxygen atoms in total. The van der Waals surface area contributed by atoms with Crippen molar-refractivity contribution in [3.8, 4) is 0 Å². The van der Waals surface area contributed by atoms with Crippen molar-refractivity contribution in [1.82, 2.24) is 0 Å². The molecule has 0 fully saturated rings. The Labute approximate surface area is 90.0 Å². The minimum atomic E-state index is -0.248. The van der Waals surface area contributed by atoms with Crippen molar-refractivity contribution in [3.63, 3.8) is 0 Å². The van der Waals surface area contributed by atoms with E-state index in [9.17, 15) is 4.79 Å². The van der Waals surface area contributed by atoms with E-state index in [-0.39, 0.29) is 10.3 Å². The van der Waals surface area contributed by atoms with Gasteiger partial charge in [0.15, 0.2) is 0 Å². The summed E-state index contributed by atoms with van der Waals surface area (Å²) in [5, 5.41) is 1.86. The summed E-state index contributed by atoms with van der Waals surface area (Å²) in [4.78, 5) is 12.0. The number of hydrogen-bond acceptors (Lipinski definition) is 3. The average molecular weight is 263 g/mol. The van der Waals surface area contributed by atoms with Gasteiger partial charge < -0.3 is 4.74 Å². The zero-order valence-electron chi connectivity index (χ0n) is 7.54. The van der Waals surface area contributed by atoms with E-state index in [0.29, 0.717) is 11.5 Å². The Hall–Kier alpha value is -0.350. The molecule has 0 atom stereocenters. The van der Waals surface area contributed by atoms with E-state index < -0.39 is 0 Å². The summed E-state index contributed by atoms with van der Waals surface area (Å²) in [6.45, 7) is 4.28. The summed E-state index contributed by atoms with van der Waals surface area (Å²) in [7, 11) is 0. The maximum atomic E-state index is 11.3. The lowest BCUT2D eigenvalue weighted by molar-refractivity contribution is 0.0486. The zero-order chi connectivity index (χ0) is 9.90. The molecule has 0 aliphatic carbocycles.